The van der Waals surface area contributed by atoms with Crippen LogP contribution in [0.25, 0.3) is 0 Å². The van der Waals surface area contributed by atoms with Gasteiger partial charge in [0.25, 0.3) is 0 Å². The third kappa shape index (κ3) is 5.60. The molecule has 0 aromatic heterocycles. The lowest BCUT2D eigenvalue weighted by molar-refractivity contribution is -0.130. The van der Waals surface area contributed by atoms with E-state index in [0.717, 1.165) is 27.8 Å². The Balaban J connectivity index is 1.38. The Morgan fingerprint density at radius 3 is 2.40 bits per heavy atom. The topological polar surface area (TPSA) is 72.9 Å². The van der Waals surface area contributed by atoms with E-state index in [4.69, 9.17) is 9.47 Å². The van der Waals surface area contributed by atoms with E-state index >= 15 is 0 Å². The third-order valence-electron chi connectivity index (χ3n) is 6.33. The molecule has 1 heterocycles. The monoisotopic (exact) mass is 471 g/mol. The summed E-state index contributed by atoms with van der Waals surface area (Å²) in [5.41, 5.74) is 5.15. The molecule has 0 aliphatic carbocycles. The van der Waals surface area contributed by atoms with Crippen molar-refractivity contribution in [2.45, 2.75) is 45.8 Å². The highest BCUT2D eigenvalue weighted by Crippen LogP contribution is 2.25. The van der Waals surface area contributed by atoms with Gasteiger partial charge < -0.3 is 9.47 Å². The van der Waals surface area contributed by atoms with Gasteiger partial charge >= 0.3 is 12.1 Å². The van der Waals surface area contributed by atoms with Gasteiger partial charge in [-0.2, -0.15) is 0 Å². The zero-order valence-corrected chi connectivity index (χ0v) is 20.2. The van der Waals surface area contributed by atoms with Crippen molar-refractivity contribution >= 4 is 18.0 Å². The first kappa shape index (κ1) is 24.2. The number of esters is 1. The van der Waals surface area contributed by atoms with E-state index in [-0.39, 0.29) is 31.1 Å². The summed E-state index contributed by atoms with van der Waals surface area (Å²) in [7, 11) is 0. The number of nitrogens with zero attached hydrogens (tertiary/aromatic N) is 1. The van der Waals surface area contributed by atoms with E-state index in [9.17, 15) is 14.4 Å². The molecule has 0 bridgehead atoms. The number of rotatable bonds is 7. The fraction of sp³-hybridized carbons (Fsp3) is 0.276. The Morgan fingerprint density at radius 1 is 1.00 bits per heavy atom. The first-order valence-corrected chi connectivity index (χ1v) is 11.7. The summed E-state index contributed by atoms with van der Waals surface area (Å²) in [6.07, 6.45) is -0.0479. The van der Waals surface area contributed by atoms with Gasteiger partial charge in [-0.1, -0.05) is 72.3 Å². The first-order chi connectivity index (χ1) is 16.8. The summed E-state index contributed by atoms with van der Waals surface area (Å²) in [5, 5.41) is 0. The van der Waals surface area contributed by atoms with Gasteiger partial charge in [-0.3, -0.25) is 4.79 Å². The van der Waals surface area contributed by atoms with Gasteiger partial charge in [0.05, 0.1) is 17.5 Å². The van der Waals surface area contributed by atoms with Crippen LogP contribution in [0.3, 0.4) is 0 Å². The Morgan fingerprint density at radius 2 is 1.71 bits per heavy atom. The third-order valence-corrected chi connectivity index (χ3v) is 6.33. The molecular formula is C29H29NO5. The summed E-state index contributed by atoms with van der Waals surface area (Å²) >= 11 is 0. The van der Waals surface area contributed by atoms with Crippen molar-refractivity contribution in [1.29, 1.82) is 0 Å². The van der Waals surface area contributed by atoms with E-state index in [0.29, 0.717) is 12.0 Å². The van der Waals surface area contributed by atoms with Crippen molar-refractivity contribution in [3.8, 4) is 0 Å². The number of carbonyl (C=O) groups excluding carboxylic acids is 3. The SMILES string of the molecule is Cc1ccc(C(=O)OCc2ccc([C@H](C)C(=O)N3C(=O)OC[C@@H]3Cc3ccccc3)cc2)c(C)c1. The average molecular weight is 472 g/mol. The molecular weight excluding hydrogens is 442 g/mol. The molecule has 2 atom stereocenters. The molecule has 1 aliphatic heterocycles. The van der Waals surface area contributed by atoms with E-state index in [2.05, 4.69) is 0 Å². The molecule has 1 aliphatic rings. The second-order valence-electron chi connectivity index (χ2n) is 8.99. The molecule has 3 aromatic rings. The molecule has 6 nitrogen and oxygen atoms in total. The standard InChI is InChI=1S/C29H29NO5/c1-19-9-14-26(20(2)15-19)28(32)34-17-23-10-12-24(13-11-23)21(3)27(31)30-25(18-35-29(30)33)16-22-7-5-4-6-8-22/h4-15,21,25H,16-18H2,1-3H3/t21-,25-/m0/s1. The lowest BCUT2D eigenvalue weighted by atomic mass is 9.97. The van der Waals surface area contributed by atoms with Gasteiger partial charge in [0, 0.05) is 0 Å². The van der Waals surface area contributed by atoms with Crippen molar-refractivity contribution in [1.82, 2.24) is 4.90 Å². The summed E-state index contributed by atoms with van der Waals surface area (Å²) in [5.74, 6) is -1.18. The van der Waals surface area contributed by atoms with Crippen molar-refractivity contribution in [2.24, 2.45) is 0 Å². The Hall–Kier alpha value is -3.93. The number of hydrogen-bond acceptors (Lipinski definition) is 5. The molecule has 0 N–H and O–H groups in total. The minimum absolute atomic E-state index is 0.131. The summed E-state index contributed by atoms with van der Waals surface area (Å²) in [6, 6.07) is 22.3. The van der Waals surface area contributed by atoms with Gasteiger partial charge in [0.1, 0.15) is 13.2 Å². The second-order valence-corrected chi connectivity index (χ2v) is 8.99. The van der Waals surface area contributed by atoms with Gasteiger partial charge in [-0.15, -0.1) is 0 Å². The molecule has 180 valence electrons. The highest BCUT2D eigenvalue weighted by atomic mass is 16.6. The molecule has 1 saturated heterocycles. The molecule has 4 rings (SSSR count). The Labute approximate surface area is 205 Å². The number of amides is 2. The molecule has 0 radical (unpaired) electrons. The van der Waals surface area contributed by atoms with E-state index < -0.39 is 12.0 Å². The van der Waals surface area contributed by atoms with Crippen LogP contribution in [0.2, 0.25) is 0 Å². The first-order valence-electron chi connectivity index (χ1n) is 11.7. The Kier molecular flexibility index (Phi) is 7.30. The number of benzene rings is 3. The quantitative estimate of drug-likeness (QED) is 0.434. The zero-order chi connectivity index (χ0) is 24.9. The highest BCUT2D eigenvalue weighted by molar-refractivity contribution is 5.97. The van der Waals surface area contributed by atoms with Crippen LogP contribution in [-0.4, -0.2) is 35.5 Å². The fourth-order valence-electron chi connectivity index (χ4n) is 4.29. The maximum atomic E-state index is 13.2. The highest BCUT2D eigenvalue weighted by Gasteiger charge is 2.39. The van der Waals surface area contributed by atoms with Gasteiger partial charge in [0.2, 0.25) is 5.91 Å². The van der Waals surface area contributed by atoms with Gasteiger partial charge in [-0.05, 0) is 55.5 Å². The summed E-state index contributed by atoms with van der Waals surface area (Å²) in [6.45, 7) is 5.97. The van der Waals surface area contributed by atoms with Crippen molar-refractivity contribution in [3.05, 3.63) is 106 Å². The number of hydrogen-bond donors (Lipinski definition) is 0. The normalized spacial score (nSPS) is 16.0. The van der Waals surface area contributed by atoms with Crippen LogP contribution in [0.5, 0.6) is 0 Å². The number of imide groups is 1. The van der Waals surface area contributed by atoms with Crippen LogP contribution in [0.4, 0.5) is 4.79 Å². The van der Waals surface area contributed by atoms with Crippen molar-refractivity contribution in [2.75, 3.05) is 6.61 Å². The number of ether oxygens (including phenoxy) is 2. The number of carbonyl (C=O) groups is 3. The van der Waals surface area contributed by atoms with Crippen LogP contribution >= 0.6 is 0 Å². The van der Waals surface area contributed by atoms with E-state index in [1.54, 1.807) is 13.0 Å². The van der Waals surface area contributed by atoms with Gasteiger partial charge in [0.15, 0.2) is 0 Å². The lowest BCUT2D eigenvalue weighted by Gasteiger charge is -2.23. The smallest absolute Gasteiger partial charge is 0.417 e. The van der Waals surface area contributed by atoms with Gasteiger partial charge in [-0.25, -0.2) is 14.5 Å². The molecule has 6 heteroatoms. The average Bonchev–Trinajstić information content (AvgIpc) is 3.22. The minimum atomic E-state index is -0.599. The van der Waals surface area contributed by atoms with Crippen LogP contribution in [0, 0.1) is 13.8 Å². The summed E-state index contributed by atoms with van der Waals surface area (Å²) in [4.78, 5) is 39.3. The molecule has 3 aromatic carbocycles. The molecule has 0 saturated carbocycles. The molecule has 1 fully saturated rings. The molecule has 35 heavy (non-hydrogen) atoms. The predicted octanol–water partition coefficient (Wildman–Crippen LogP) is 5.35. The van der Waals surface area contributed by atoms with Crippen molar-refractivity contribution in [3.63, 3.8) is 0 Å². The van der Waals surface area contributed by atoms with Crippen LogP contribution in [0.15, 0.2) is 72.8 Å². The molecule has 0 unspecified atom stereocenters. The van der Waals surface area contributed by atoms with Crippen molar-refractivity contribution < 1.29 is 23.9 Å². The van der Waals surface area contributed by atoms with Crippen LogP contribution in [-0.2, 0) is 27.3 Å². The summed E-state index contributed by atoms with van der Waals surface area (Å²) < 4.78 is 10.7. The maximum absolute atomic E-state index is 13.2. The Bertz CT molecular complexity index is 1220. The van der Waals surface area contributed by atoms with E-state index in [1.165, 1.54) is 4.90 Å². The minimum Gasteiger partial charge on any atom is -0.457 e. The zero-order valence-electron chi connectivity index (χ0n) is 20.2. The molecule has 2 amide bonds. The number of cyclic esters (lactones) is 1. The molecule has 0 spiro atoms. The van der Waals surface area contributed by atoms with E-state index in [1.807, 2.05) is 80.6 Å². The maximum Gasteiger partial charge on any atom is 0.417 e. The van der Waals surface area contributed by atoms with Crippen LogP contribution < -0.4 is 0 Å². The second kappa shape index (κ2) is 10.6. The van der Waals surface area contributed by atoms with Crippen LogP contribution in [0.1, 0.15) is 51.0 Å². The predicted molar refractivity (Wildman–Crippen MR) is 132 cm³/mol. The lowest BCUT2D eigenvalue weighted by Crippen LogP contribution is -2.42. The largest absolute Gasteiger partial charge is 0.457 e. The fourth-order valence-corrected chi connectivity index (χ4v) is 4.29. The number of aryl methyl sites for hydroxylation is 2.